The van der Waals surface area contributed by atoms with Gasteiger partial charge in [-0.15, -0.1) is 0 Å². The Bertz CT molecular complexity index is 576. The number of rotatable bonds is 5. The highest BCUT2D eigenvalue weighted by Crippen LogP contribution is 2.24. The Balaban J connectivity index is 2.12. The van der Waals surface area contributed by atoms with Crippen LogP contribution in [0, 0.1) is 13.8 Å². The number of hydrogen-bond donors (Lipinski definition) is 0. The van der Waals surface area contributed by atoms with Gasteiger partial charge in [0.1, 0.15) is 11.5 Å². The normalized spacial score (nSPS) is 11.1. The zero-order chi connectivity index (χ0) is 14.7. The lowest BCUT2D eigenvalue weighted by Gasteiger charge is -2.18. The highest BCUT2D eigenvalue weighted by Gasteiger charge is 2.13. The first kappa shape index (κ1) is 14.9. The Morgan fingerprint density at radius 1 is 1.30 bits per heavy atom. The van der Waals surface area contributed by atoms with Crippen molar-refractivity contribution in [1.29, 1.82) is 0 Å². The summed E-state index contributed by atoms with van der Waals surface area (Å²) in [6.07, 6.45) is 0. The molecule has 2 rings (SSSR count). The molecule has 1 heterocycles. The lowest BCUT2D eigenvalue weighted by atomic mass is 10.1. The van der Waals surface area contributed by atoms with Crippen LogP contribution in [0.15, 0.2) is 22.7 Å². The van der Waals surface area contributed by atoms with Crippen molar-refractivity contribution >= 4 is 11.6 Å². The first-order valence-electron chi connectivity index (χ1n) is 6.44. The molecule has 0 N–H and O–H groups in total. The van der Waals surface area contributed by atoms with Gasteiger partial charge in [-0.2, -0.15) is 0 Å². The molecule has 0 bridgehead atoms. The van der Waals surface area contributed by atoms with Crippen LogP contribution >= 0.6 is 11.6 Å². The quantitative estimate of drug-likeness (QED) is 0.845. The predicted octanol–water partition coefficient (Wildman–Crippen LogP) is 3.59. The summed E-state index contributed by atoms with van der Waals surface area (Å²) in [4.78, 5) is 2.18. The molecule has 0 aliphatic heterocycles. The topological polar surface area (TPSA) is 38.5 Å². The maximum Gasteiger partial charge on any atom is 0.138 e. The second-order valence-corrected chi connectivity index (χ2v) is 5.37. The molecule has 108 valence electrons. The van der Waals surface area contributed by atoms with Gasteiger partial charge in [0.15, 0.2) is 0 Å². The van der Waals surface area contributed by atoms with Gasteiger partial charge in [0.05, 0.1) is 12.8 Å². The Morgan fingerprint density at radius 3 is 2.65 bits per heavy atom. The smallest absolute Gasteiger partial charge is 0.138 e. The summed E-state index contributed by atoms with van der Waals surface area (Å²) in [6, 6.07) is 5.66. The molecular weight excluding hydrogens is 276 g/mol. The summed E-state index contributed by atoms with van der Waals surface area (Å²) in [5.74, 6) is 1.72. The largest absolute Gasteiger partial charge is 0.496 e. The van der Waals surface area contributed by atoms with E-state index in [-0.39, 0.29) is 0 Å². The van der Waals surface area contributed by atoms with Crippen LogP contribution in [0.4, 0.5) is 0 Å². The molecular formula is C15H19ClN2O2. The van der Waals surface area contributed by atoms with Crippen molar-refractivity contribution in [1.82, 2.24) is 10.1 Å². The number of aromatic nitrogens is 1. The van der Waals surface area contributed by atoms with Gasteiger partial charge < -0.3 is 9.26 Å². The lowest BCUT2D eigenvalue weighted by molar-refractivity contribution is 0.306. The molecule has 1 aromatic heterocycles. The summed E-state index contributed by atoms with van der Waals surface area (Å²) in [7, 11) is 3.72. The van der Waals surface area contributed by atoms with E-state index in [0.717, 1.165) is 41.4 Å². The third kappa shape index (κ3) is 3.32. The fourth-order valence-electron chi connectivity index (χ4n) is 2.21. The maximum absolute atomic E-state index is 6.05. The van der Waals surface area contributed by atoms with Gasteiger partial charge >= 0.3 is 0 Å². The molecule has 0 saturated heterocycles. The molecule has 1 aromatic carbocycles. The molecule has 0 atom stereocenters. The highest BCUT2D eigenvalue weighted by molar-refractivity contribution is 6.30. The number of halogens is 1. The SMILES string of the molecule is COc1ccc(Cl)cc1CN(C)Cc1c(C)noc1C. The van der Waals surface area contributed by atoms with Gasteiger partial charge in [-0.05, 0) is 39.1 Å². The van der Waals surface area contributed by atoms with Gasteiger partial charge in [0, 0.05) is 29.2 Å². The van der Waals surface area contributed by atoms with Crippen LogP contribution in [0.1, 0.15) is 22.6 Å². The highest BCUT2D eigenvalue weighted by atomic mass is 35.5. The molecule has 0 unspecified atom stereocenters. The van der Waals surface area contributed by atoms with Crippen molar-refractivity contribution in [3.8, 4) is 5.75 Å². The zero-order valence-corrected chi connectivity index (χ0v) is 13.0. The minimum absolute atomic E-state index is 0.714. The van der Waals surface area contributed by atoms with Gasteiger partial charge in [0.25, 0.3) is 0 Å². The second-order valence-electron chi connectivity index (χ2n) is 4.93. The van der Waals surface area contributed by atoms with E-state index in [0.29, 0.717) is 5.02 Å². The lowest BCUT2D eigenvalue weighted by Crippen LogP contribution is -2.18. The third-order valence-electron chi connectivity index (χ3n) is 3.29. The van der Waals surface area contributed by atoms with Crippen molar-refractivity contribution in [2.24, 2.45) is 0 Å². The molecule has 0 radical (unpaired) electrons. The summed E-state index contributed by atoms with van der Waals surface area (Å²) >= 11 is 6.05. The molecule has 0 spiro atoms. The van der Waals surface area contributed by atoms with E-state index in [2.05, 4.69) is 10.1 Å². The average molecular weight is 295 g/mol. The molecule has 5 heteroatoms. The summed E-state index contributed by atoms with van der Waals surface area (Å²) in [6.45, 7) is 5.41. The van der Waals surface area contributed by atoms with Crippen LogP contribution < -0.4 is 4.74 Å². The summed E-state index contributed by atoms with van der Waals surface area (Å²) in [5, 5.41) is 4.69. The fraction of sp³-hybridized carbons (Fsp3) is 0.400. The van der Waals surface area contributed by atoms with E-state index in [1.165, 1.54) is 0 Å². The van der Waals surface area contributed by atoms with E-state index in [1.807, 2.05) is 39.1 Å². The zero-order valence-electron chi connectivity index (χ0n) is 12.2. The molecule has 0 amide bonds. The van der Waals surface area contributed by atoms with Crippen molar-refractivity contribution < 1.29 is 9.26 Å². The minimum Gasteiger partial charge on any atom is -0.496 e. The number of nitrogens with zero attached hydrogens (tertiary/aromatic N) is 2. The van der Waals surface area contributed by atoms with Crippen molar-refractivity contribution in [3.63, 3.8) is 0 Å². The molecule has 0 aliphatic rings. The van der Waals surface area contributed by atoms with E-state index in [9.17, 15) is 0 Å². The molecule has 20 heavy (non-hydrogen) atoms. The number of hydrogen-bond acceptors (Lipinski definition) is 4. The Kier molecular flexibility index (Phi) is 4.68. The maximum atomic E-state index is 6.05. The van der Waals surface area contributed by atoms with Crippen LogP contribution in [0.5, 0.6) is 5.75 Å². The van der Waals surface area contributed by atoms with E-state index in [1.54, 1.807) is 7.11 Å². The van der Waals surface area contributed by atoms with E-state index in [4.69, 9.17) is 20.9 Å². The fourth-order valence-corrected chi connectivity index (χ4v) is 2.41. The standard InChI is InChI=1S/C15H19ClN2O2/c1-10-14(11(2)20-17-10)9-18(3)8-12-7-13(16)5-6-15(12)19-4/h5-7H,8-9H2,1-4H3. The number of aryl methyl sites for hydroxylation is 2. The van der Waals surface area contributed by atoms with Crippen molar-refractivity contribution in [2.45, 2.75) is 26.9 Å². The number of methoxy groups -OCH3 is 1. The minimum atomic E-state index is 0.714. The predicted molar refractivity (Wildman–Crippen MR) is 79.2 cm³/mol. The van der Waals surface area contributed by atoms with Crippen molar-refractivity contribution in [3.05, 3.63) is 45.8 Å². The van der Waals surface area contributed by atoms with Crippen LogP contribution in [-0.2, 0) is 13.1 Å². The van der Waals surface area contributed by atoms with Crippen molar-refractivity contribution in [2.75, 3.05) is 14.2 Å². The number of benzene rings is 1. The Morgan fingerprint density at radius 2 is 2.05 bits per heavy atom. The molecule has 0 saturated carbocycles. The van der Waals surface area contributed by atoms with Gasteiger partial charge in [-0.1, -0.05) is 16.8 Å². The molecule has 4 nitrogen and oxygen atoms in total. The first-order valence-corrected chi connectivity index (χ1v) is 6.81. The Hall–Kier alpha value is -1.52. The Labute approximate surface area is 124 Å². The third-order valence-corrected chi connectivity index (χ3v) is 3.53. The molecule has 2 aromatic rings. The molecule has 0 fully saturated rings. The molecule has 0 aliphatic carbocycles. The van der Waals surface area contributed by atoms with E-state index < -0.39 is 0 Å². The van der Waals surface area contributed by atoms with Crippen LogP contribution in [0.25, 0.3) is 0 Å². The van der Waals surface area contributed by atoms with Gasteiger partial charge in [0.2, 0.25) is 0 Å². The second kappa shape index (κ2) is 6.29. The monoisotopic (exact) mass is 294 g/mol. The van der Waals surface area contributed by atoms with Crippen LogP contribution in [0.2, 0.25) is 5.02 Å². The number of ether oxygens (including phenoxy) is 1. The first-order chi connectivity index (χ1) is 9.51. The van der Waals surface area contributed by atoms with Crippen LogP contribution in [0.3, 0.4) is 0 Å². The van der Waals surface area contributed by atoms with E-state index >= 15 is 0 Å². The average Bonchev–Trinajstić information content (AvgIpc) is 2.71. The van der Waals surface area contributed by atoms with Gasteiger partial charge in [-0.25, -0.2) is 0 Å². The summed E-state index contributed by atoms with van der Waals surface area (Å²) < 4.78 is 10.6. The van der Waals surface area contributed by atoms with Crippen LogP contribution in [-0.4, -0.2) is 24.2 Å². The van der Waals surface area contributed by atoms with Gasteiger partial charge in [-0.3, -0.25) is 4.90 Å². The summed E-state index contributed by atoms with van der Waals surface area (Å²) in [5.41, 5.74) is 3.13.